The fourth-order valence-electron chi connectivity index (χ4n) is 1.44. The molecule has 1 rings (SSSR count). The van der Waals surface area contributed by atoms with Gasteiger partial charge in [0.2, 0.25) is 0 Å². The first-order chi connectivity index (χ1) is 7.54. The van der Waals surface area contributed by atoms with Crippen LogP contribution in [0.5, 0.6) is 0 Å². The topological polar surface area (TPSA) is 43.1 Å². The number of Topliss-reactive ketones (excluding diaryl/α,β-unsaturated/α-hetero) is 1. The van der Waals surface area contributed by atoms with E-state index in [0.29, 0.717) is 23.6 Å². The molecule has 1 aromatic rings. The Hall–Kier alpha value is -0.930. The molecule has 0 aliphatic heterocycles. The monoisotopic (exact) mass is 243 g/mol. The fourth-order valence-corrected chi connectivity index (χ4v) is 1.60. The Balaban J connectivity index is 2.69. The Kier molecular flexibility index (Phi) is 4.90. The van der Waals surface area contributed by atoms with Gasteiger partial charge in [0.25, 0.3) is 0 Å². The third kappa shape index (κ3) is 3.58. The fraction of sp³-hybridized carbons (Fsp3) is 0.417. The zero-order chi connectivity index (χ0) is 12.1. The van der Waals surface area contributed by atoms with E-state index < -0.39 is 5.82 Å². The summed E-state index contributed by atoms with van der Waals surface area (Å²) in [4.78, 5) is 11.7. The number of nitrogens with two attached hydrogens (primary N) is 1. The van der Waals surface area contributed by atoms with Crippen molar-refractivity contribution in [3.05, 3.63) is 34.6 Å². The maximum absolute atomic E-state index is 13.4. The van der Waals surface area contributed by atoms with Crippen LogP contribution >= 0.6 is 11.6 Å². The maximum Gasteiger partial charge on any atom is 0.140 e. The number of benzene rings is 1. The molecule has 2 nitrogen and oxygen atoms in total. The number of carbonyl (C=O) groups excluding carboxylic acids is 1. The largest absolute Gasteiger partial charge is 0.330 e. The van der Waals surface area contributed by atoms with Crippen molar-refractivity contribution in [3.8, 4) is 0 Å². The normalized spacial score (nSPS) is 12.5. The van der Waals surface area contributed by atoms with Crippen molar-refractivity contribution in [1.82, 2.24) is 0 Å². The molecule has 0 aliphatic carbocycles. The summed E-state index contributed by atoms with van der Waals surface area (Å²) in [7, 11) is 0. The number of halogens is 2. The van der Waals surface area contributed by atoms with Gasteiger partial charge < -0.3 is 5.73 Å². The molecule has 0 saturated carbocycles. The zero-order valence-corrected chi connectivity index (χ0v) is 9.93. The predicted octanol–water partition coefficient (Wildman–Crippen LogP) is 2.58. The molecule has 0 spiro atoms. The molecule has 0 saturated heterocycles. The molecule has 88 valence electrons. The van der Waals surface area contributed by atoms with Crippen LogP contribution in [0.1, 0.15) is 18.9 Å². The van der Waals surface area contributed by atoms with Crippen LogP contribution in [0.4, 0.5) is 4.39 Å². The van der Waals surface area contributed by atoms with E-state index >= 15 is 0 Å². The molecule has 0 bridgehead atoms. The van der Waals surface area contributed by atoms with Gasteiger partial charge in [-0.25, -0.2) is 4.39 Å². The molecule has 0 heterocycles. The Morgan fingerprint density at radius 2 is 2.25 bits per heavy atom. The van der Waals surface area contributed by atoms with Crippen LogP contribution in [0.25, 0.3) is 0 Å². The van der Waals surface area contributed by atoms with Crippen LogP contribution in [0.3, 0.4) is 0 Å². The summed E-state index contributed by atoms with van der Waals surface area (Å²) in [6, 6.07) is 4.35. The maximum atomic E-state index is 13.4. The highest BCUT2D eigenvalue weighted by molar-refractivity contribution is 6.30. The van der Waals surface area contributed by atoms with Gasteiger partial charge in [-0.15, -0.1) is 0 Å². The lowest BCUT2D eigenvalue weighted by Gasteiger charge is -2.09. The van der Waals surface area contributed by atoms with Crippen LogP contribution in [0.2, 0.25) is 5.02 Å². The lowest BCUT2D eigenvalue weighted by atomic mass is 9.96. The summed E-state index contributed by atoms with van der Waals surface area (Å²) in [5.41, 5.74) is 5.75. The molecule has 1 aromatic carbocycles. The molecule has 1 unspecified atom stereocenters. The smallest absolute Gasteiger partial charge is 0.140 e. The molecule has 4 heteroatoms. The molecule has 2 N–H and O–H groups in total. The number of hydrogen-bond donors (Lipinski definition) is 1. The molecule has 0 aliphatic rings. The van der Waals surface area contributed by atoms with Gasteiger partial charge in [-0.1, -0.05) is 24.6 Å². The van der Waals surface area contributed by atoms with Crippen molar-refractivity contribution in [2.45, 2.75) is 19.8 Å². The summed E-state index contributed by atoms with van der Waals surface area (Å²) < 4.78 is 13.4. The minimum Gasteiger partial charge on any atom is -0.330 e. The van der Waals surface area contributed by atoms with Crippen molar-refractivity contribution in [2.24, 2.45) is 11.7 Å². The van der Waals surface area contributed by atoms with Gasteiger partial charge in [0.1, 0.15) is 11.6 Å². The van der Waals surface area contributed by atoms with Crippen molar-refractivity contribution < 1.29 is 9.18 Å². The van der Waals surface area contributed by atoms with E-state index in [4.69, 9.17) is 17.3 Å². The number of ketones is 1. The third-order valence-electron chi connectivity index (χ3n) is 2.53. The van der Waals surface area contributed by atoms with Crippen molar-refractivity contribution in [3.63, 3.8) is 0 Å². The lowest BCUT2D eigenvalue weighted by Crippen LogP contribution is -2.17. The van der Waals surface area contributed by atoms with Crippen molar-refractivity contribution in [1.29, 1.82) is 0 Å². The highest BCUT2D eigenvalue weighted by Crippen LogP contribution is 2.17. The standard InChI is InChI=1S/C12H15ClFNO/c1-8(4-5-15)12(16)6-9-2-3-10(13)7-11(9)14/h2-3,7-8H,4-6,15H2,1H3. The van der Waals surface area contributed by atoms with Crippen LogP contribution in [0, 0.1) is 11.7 Å². The second kappa shape index (κ2) is 5.97. The van der Waals surface area contributed by atoms with E-state index in [0.717, 1.165) is 0 Å². The first-order valence-corrected chi connectivity index (χ1v) is 5.59. The van der Waals surface area contributed by atoms with Gasteiger partial charge in [0, 0.05) is 17.4 Å². The van der Waals surface area contributed by atoms with E-state index in [2.05, 4.69) is 0 Å². The minimum atomic E-state index is -0.430. The number of carbonyl (C=O) groups is 1. The first-order valence-electron chi connectivity index (χ1n) is 5.21. The van der Waals surface area contributed by atoms with Gasteiger partial charge in [0.15, 0.2) is 0 Å². The van der Waals surface area contributed by atoms with Crippen LogP contribution in [-0.2, 0) is 11.2 Å². The second-order valence-electron chi connectivity index (χ2n) is 3.86. The molecular formula is C12H15ClFNO. The average Bonchev–Trinajstić information content (AvgIpc) is 2.22. The Morgan fingerprint density at radius 1 is 1.56 bits per heavy atom. The molecule has 1 atom stereocenters. The van der Waals surface area contributed by atoms with Gasteiger partial charge in [0.05, 0.1) is 0 Å². The number of rotatable bonds is 5. The average molecular weight is 244 g/mol. The van der Waals surface area contributed by atoms with Gasteiger partial charge >= 0.3 is 0 Å². The zero-order valence-electron chi connectivity index (χ0n) is 9.17. The van der Waals surface area contributed by atoms with E-state index in [1.807, 2.05) is 6.92 Å². The predicted molar refractivity (Wildman–Crippen MR) is 63.0 cm³/mol. The van der Waals surface area contributed by atoms with Gasteiger partial charge in [-0.3, -0.25) is 4.79 Å². The molecular weight excluding hydrogens is 229 g/mol. The molecule has 0 amide bonds. The van der Waals surface area contributed by atoms with Crippen molar-refractivity contribution >= 4 is 17.4 Å². The third-order valence-corrected chi connectivity index (χ3v) is 2.76. The summed E-state index contributed by atoms with van der Waals surface area (Å²) in [5, 5.41) is 0.337. The van der Waals surface area contributed by atoms with E-state index in [9.17, 15) is 9.18 Å². The van der Waals surface area contributed by atoms with Crippen molar-refractivity contribution in [2.75, 3.05) is 6.54 Å². The van der Waals surface area contributed by atoms with E-state index in [1.165, 1.54) is 6.07 Å². The van der Waals surface area contributed by atoms with E-state index in [-0.39, 0.29) is 18.1 Å². The van der Waals surface area contributed by atoms with Crippen LogP contribution < -0.4 is 5.73 Å². The highest BCUT2D eigenvalue weighted by atomic mass is 35.5. The second-order valence-corrected chi connectivity index (χ2v) is 4.29. The summed E-state index contributed by atoms with van der Waals surface area (Å²) in [5.74, 6) is -0.549. The molecule has 0 fully saturated rings. The van der Waals surface area contributed by atoms with Gasteiger partial charge in [-0.05, 0) is 30.7 Å². The quantitative estimate of drug-likeness (QED) is 0.864. The molecule has 0 radical (unpaired) electrons. The molecule has 0 aromatic heterocycles. The summed E-state index contributed by atoms with van der Waals surface area (Å²) in [6.45, 7) is 2.28. The highest BCUT2D eigenvalue weighted by Gasteiger charge is 2.14. The summed E-state index contributed by atoms with van der Waals surface area (Å²) >= 11 is 5.62. The Bertz CT molecular complexity index is 381. The summed E-state index contributed by atoms with van der Waals surface area (Å²) in [6.07, 6.45) is 0.734. The minimum absolute atomic E-state index is 0.00618. The Morgan fingerprint density at radius 3 is 2.81 bits per heavy atom. The number of hydrogen-bond acceptors (Lipinski definition) is 2. The lowest BCUT2D eigenvalue weighted by molar-refractivity contribution is -0.121. The SMILES string of the molecule is CC(CCN)C(=O)Cc1ccc(Cl)cc1F. The first kappa shape index (κ1) is 13.1. The van der Waals surface area contributed by atoms with Crippen LogP contribution in [0.15, 0.2) is 18.2 Å². The van der Waals surface area contributed by atoms with E-state index in [1.54, 1.807) is 12.1 Å². The Labute approximate surface area is 99.6 Å². The van der Waals surface area contributed by atoms with Crippen LogP contribution in [-0.4, -0.2) is 12.3 Å². The van der Waals surface area contributed by atoms with Gasteiger partial charge in [-0.2, -0.15) is 0 Å². The molecule has 16 heavy (non-hydrogen) atoms.